The number of nitrogens with zero attached hydrogens (tertiary/aromatic N) is 4. The zero-order valence-corrected chi connectivity index (χ0v) is 15.2. The van der Waals surface area contributed by atoms with E-state index in [0.717, 1.165) is 16.8 Å². The number of nitrogens with one attached hydrogen (secondary N) is 2. The number of carboxylic acids is 1. The van der Waals surface area contributed by atoms with Crippen LogP contribution in [0.25, 0.3) is 5.52 Å². The molecule has 0 fully saturated rings. The van der Waals surface area contributed by atoms with Gasteiger partial charge < -0.3 is 10.4 Å². The second-order valence-electron chi connectivity index (χ2n) is 5.93. The number of rotatable bonds is 6. The van der Waals surface area contributed by atoms with Gasteiger partial charge in [0.25, 0.3) is 0 Å². The summed E-state index contributed by atoms with van der Waals surface area (Å²) in [5.74, 6) is 1.06. The number of hydrogen-bond acceptors (Lipinski definition) is 6. The van der Waals surface area contributed by atoms with Gasteiger partial charge in [0.05, 0.1) is 5.56 Å². The SMILES string of the molecule is Cc1cc(Nc2nc(SCc3ccc(C(=O)O)cc3)nn3cccc23)n[nH]1. The zero-order chi connectivity index (χ0) is 18.8. The highest BCUT2D eigenvalue weighted by molar-refractivity contribution is 7.98. The summed E-state index contributed by atoms with van der Waals surface area (Å²) in [5, 5.41) is 24.4. The van der Waals surface area contributed by atoms with Crippen molar-refractivity contribution in [2.75, 3.05) is 5.32 Å². The van der Waals surface area contributed by atoms with E-state index in [1.54, 1.807) is 28.8 Å². The largest absolute Gasteiger partial charge is 0.478 e. The summed E-state index contributed by atoms with van der Waals surface area (Å²) in [4.78, 5) is 15.5. The molecule has 1 aromatic carbocycles. The number of carbonyl (C=O) groups is 1. The Bertz CT molecular complexity index is 1100. The van der Waals surface area contributed by atoms with Crippen LogP contribution in [0.3, 0.4) is 0 Å². The molecule has 27 heavy (non-hydrogen) atoms. The maximum absolute atomic E-state index is 10.9. The molecule has 4 rings (SSSR count). The second kappa shape index (κ2) is 7.12. The van der Waals surface area contributed by atoms with Crippen molar-refractivity contribution in [2.24, 2.45) is 0 Å². The number of anilines is 2. The second-order valence-corrected chi connectivity index (χ2v) is 6.88. The summed E-state index contributed by atoms with van der Waals surface area (Å²) >= 11 is 1.48. The summed E-state index contributed by atoms with van der Waals surface area (Å²) < 4.78 is 1.77. The maximum atomic E-state index is 10.9. The number of carboxylic acid groups (broad SMARTS) is 1. The van der Waals surface area contributed by atoms with Crippen LogP contribution in [0.5, 0.6) is 0 Å². The third-order valence-electron chi connectivity index (χ3n) is 3.89. The molecule has 0 aliphatic carbocycles. The van der Waals surface area contributed by atoms with Gasteiger partial charge >= 0.3 is 5.97 Å². The monoisotopic (exact) mass is 380 g/mol. The fourth-order valence-corrected chi connectivity index (χ4v) is 3.35. The Morgan fingerprint density at radius 3 is 2.81 bits per heavy atom. The van der Waals surface area contributed by atoms with E-state index in [1.165, 1.54) is 11.8 Å². The van der Waals surface area contributed by atoms with Crippen LogP contribution in [0.15, 0.2) is 53.8 Å². The molecular weight excluding hydrogens is 364 g/mol. The Morgan fingerprint density at radius 2 is 2.11 bits per heavy atom. The molecule has 0 amide bonds. The van der Waals surface area contributed by atoms with Crippen LogP contribution in [0, 0.1) is 6.92 Å². The molecular formula is C18H16N6O2S. The van der Waals surface area contributed by atoms with Crippen LogP contribution >= 0.6 is 11.8 Å². The van der Waals surface area contributed by atoms with E-state index in [4.69, 9.17) is 5.11 Å². The van der Waals surface area contributed by atoms with E-state index in [9.17, 15) is 4.79 Å². The van der Waals surface area contributed by atoms with Gasteiger partial charge in [0, 0.05) is 23.7 Å². The minimum Gasteiger partial charge on any atom is -0.478 e. The predicted octanol–water partition coefficient (Wildman–Crippen LogP) is 3.49. The molecule has 0 radical (unpaired) electrons. The number of thioether (sulfide) groups is 1. The Morgan fingerprint density at radius 1 is 1.30 bits per heavy atom. The molecule has 0 aliphatic heterocycles. The number of aromatic amines is 1. The van der Waals surface area contributed by atoms with Crippen molar-refractivity contribution in [3.8, 4) is 0 Å². The average Bonchev–Trinajstić information content (AvgIpc) is 3.29. The first-order valence-electron chi connectivity index (χ1n) is 8.18. The van der Waals surface area contributed by atoms with Gasteiger partial charge in [-0.3, -0.25) is 5.10 Å². The molecule has 8 nitrogen and oxygen atoms in total. The van der Waals surface area contributed by atoms with E-state index in [1.807, 2.05) is 31.3 Å². The molecule has 3 aromatic heterocycles. The zero-order valence-electron chi connectivity index (χ0n) is 14.4. The van der Waals surface area contributed by atoms with Crippen LogP contribution in [0.4, 0.5) is 11.6 Å². The van der Waals surface area contributed by atoms with Crippen LogP contribution in [0.1, 0.15) is 21.6 Å². The molecule has 0 spiro atoms. The Kier molecular flexibility index (Phi) is 4.51. The minimum absolute atomic E-state index is 0.273. The first-order valence-corrected chi connectivity index (χ1v) is 9.16. The lowest BCUT2D eigenvalue weighted by atomic mass is 10.1. The number of H-pyrrole nitrogens is 1. The topological polar surface area (TPSA) is 108 Å². The van der Waals surface area contributed by atoms with Gasteiger partial charge in [-0.15, -0.1) is 5.10 Å². The predicted molar refractivity (Wildman–Crippen MR) is 103 cm³/mol. The molecule has 3 N–H and O–H groups in total. The van der Waals surface area contributed by atoms with Gasteiger partial charge in [0.2, 0.25) is 5.16 Å². The standard InChI is InChI=1S/C18H16N6O2S/c1-11-9-15(22-21-11)19-16-14-3-2-8-24(14)23-18(20-16)27-10-12-4-6-13(7-5-12)17(25)26/h2-9H,10H2,1H3,(H,25,26)(H2,19,20,21,22,23). The normalized spacial score (nSPS) is 11.0. The number of benzene rings is 1. The number of aromatic carboxylic acids is 1. The van der Waals surface area contributed by atoms with Crippen LogP contribution in [0.2, 0.25) is 0 Å². The lowest BCUT2D eigenvalue weighted by Gasteiger charge is -2.08. The maximum Gasteiger partial charge on any atom is 0.335 e. The highest BCUT2D eigenvalue weighted by Gasteiger charge is 2.10. The highest BCUT2D eigenvalue weighted by atomic mass is 32.2. The summed E-state index contributed by atoms with van der Waals surface area (Å²) in [6, 6.07) is 12.5. The molecule has 9 heteroatoms. The molecule has 0 atom stereocenters. The van der Waals surface area contributed by atoms with E-state index < -0.39 is 5.97 Å². The van der Waals surface area contributed by atoms with Crippen LogP contribution in [-0.4, -0.2) is 35.9 Å². The third kappa shape index (κ3) is 3.77. The Balaban J connectivity index is 1.55. The van der Waals surface area contributed by atoms with E-state index in [-0.39, 0.29) is 5.56 Å². The summed E-state index contributed by atoms with van der Waals surface area (Å²) in [6.45, 7) is 1.93. The molecule has 4 aromatic rings. The van der Waals surface area contributed by atoms with Crippen LogP contribution < -0.4 is 5.32 Å². The first kappa shape index (κ1) is 17.1. The molecule has 0 unspecified atom stereocenters. The Hall–Kier alpha value is -3.33. The van der Waals surface area contributed by atoms with E-state index in [2.05, 4.69) is 25.6 Å². The third-order valence-corrected chi connectivity index (χ3v) is 4.80. The van der Waals surface area contributed by atoms with Crippen molar-refractivity contribution in [2.45, 2.75) is 17.8 Å². The number of aryl methyl sites for hydroxylation is 1. The Labute approximate surface area is 158 Å². The number of fused-ring (bicyclic) bond motifs is 1. The molecule has 0 saturated heterocycles. The van der Waals surface area contributed by atoms with E-state index in [0.29, 0.717) is 22.5 Å². The van der Waals surface area contributed by atoms with Gasteiger partial charge in [-0.1, -0.05) is 23.9 Å². The summed E-state index contributed by atoms with van der Waals surface area (Å²) in [5.41, 5.74) is 3.08. The lowest BCUT2D eigenvalue weighted by molar-refractivity contribution is 0.0697. The molecule has 0 bridgehead atoms. The van der Waals surface area contributed by atoms with Gasteiger partial charge in [-0.05, 0) is 36.8 Å². The van der Waals surface area contributed by atoms with Crippen molar-refractivity contribution in [3.63, 3.8) is 0 Å². The van der Waals surface area contributed by atoms with Crippen molar-refractivity contribution < 1.29 is 9.90 Å². The van der Waals surface area contributed by atoms with Gasteiger partial charge in [0.15, 0.2) is 11.6 Å². The summed E-state index contributed by atoms with van der Waals surface area (Å²) in [6.07, 6.45) is 1.86. The van der Waals surface area contributed by atoms with Gasteiger partial charge in [0.1, 0.15) is 5.52 Å². The van der Waals surface area contributed by atoms with Crippen molar-refractivity contribution in [3.05, 3.63) is 65.5 Å². The molecule has 0 aliphatic rings. The van der Waals surface area contributed by atoms with Crippen molar-refractivity contribution >= 4 is 34.9 Å². The highest BCUT2D eigenvalue weighted by Crippen LogP contribution is 2.25. The first-order chi connectivity index (χ1) is 13.1. The summed E-state index contributed by atoms with van der Waals surface area (Å²) in [7, 11) is 0. The van der Waals surface area contributed by atoms with E-state index >= 15 is 0 Å². The van der Waals surface area contributed by atoms with Crippen molar-refractivity contribution in [1.82, 2.24) is 24.8 Å². The molecule has 0 saturated carbocycles. The van der Waals surface area contributed by atoms with Gasteiger partial charge in [-0.2, -0.15) is 5.10 Å². The number of aromatic nitrogens is 5. The smallest absolute Gasteiger partial charge is 0.335 e. The average molecular weight is 380 g/mol. The minimum atomic E-state index is -0.931. The fraction of sp³-hybridized carbons (Fsp3) is 0.111. The van der Waals surface area contributed by atoms with Gasteiger partial charge in [-0.25, -0.2) is 14.3 Å². The lowest BCUT2D eigenvalue weighted by Crippen LogP contribution is -2.03. The van der Waals surface area contributed by atoms with Crippen molar-refractivity contribution in [1.29, 1.82) is 0 Å². The fourth-order valence-electron chi connectivity index (χ4n) is 2.56. The van der Waals surface area contributed by atoms with Crippen LogP contribution in [-0.2, 0) is 5.75 Å². The number of hydrogen-bond donors (Lipinski definition) is 3. The molecule has 3 heterocycles. The molecule has 136 valence electrons. The quantitative estimate of drug-likeness (QED) is 0.439.